The molecule has 11 heteroatoms. The number of aromatic nitrogens is 2. The number of pyridine rings is 1. The van der Waals surface area contributed by atoms with Crippen LogP contribution in [-0.2, 0) is 6.18 Å². The van der Waals surface area contributed by atoms with Crippen molar-refractivity contribution in [3.8, 4) is 11.6 Å². The van der Waals surface area contributed by atoms with E-state index in [-0.39, 0.29) is 10.9 Å². The van der Waals surface area contributed by atoms with Crippen molar-refractivity contribution in [3.63, 3.8) is 0 Å². The minimum Gasteiger partial charge on any atom is -0.438 e. The molecule has 1 aromatic carbocycles. The van der Waals surface area contributed by atoms with Gasteiger partial charge in [-0.1, -0.05) is 23.2 Å². The Kier molecular flexibility index (Phi) is 5.28. The van der Waals surface area contributed by atoms with Crippen molar-refractivity contribution >= 4 is 49.8 Å². The van der Waals surface area contributed by atoms with Crippen LogP contribution in [0, 0.1) is 0 Å². The SMILES string of the molecule is FC(F)(F)c1cnc(Oc2ccc(N=c3ssnc3Cl)cc2)c(Cl)c1. The van der Waals surface area contributed by atoms with Crippen LogP contribution in [-0.4, -0.2) is 9.36 Å². The first-order valence-corrected chi connectivity index (χ1v) is 9.36. The monoisotopic (exact) mass is 423 g/mol. The molecule has 0 N–H and O–H groups in total. The second-order valence-electron chi connectivity index (χ2n) is 4.56. The predicted octanol–water partition coefficient (Wildman–Crippen LogP) is 5.95. The molecule has 0 aliphatic rings. The third-order valence-electron chi connectivity index (χ3n) is 2.83. The maximum absolute atomic E-state index is 12.6. The lowest BCUT2D eigenvalue weighted by Gasteiger charge is -2.10. The molecular weight excluding hydrogens is 418 g/mol. The number of ether oxygens (including phenoxy) is 1. The highest BCUT2D eigenvalue weighted by molar-refractivity contribution is 7.66. The second kappa shape index (κ2) is 7.28. The minimum absolute atomic E-state index is 0.119. The summed E-state index contributed by atoms with van der Waals surface area (Å²) >= 11 is 11.7. The quantitative estimate of drug-likeness (QED) is 0.489. The molecule has 0 saturated heterocycles. The molecule has 0 atom stereocenters. The van der Waals surface area contributed by atoms with Gasteiger partial charge in [0.25, 0.3) is 0 Å². The Labute approximate surface area is 156 Å². The number of hydrogen-bond donors (Lipinski definition) is 0. The lowest BCUT2D eigenvalue weighted by atomic mass is 10.3. The summed E-state index contributed by atoms with van der Waals surface area (Å²) in [5.74, 6) is 0.234. The van der Waals surface area contributed by atoms with E-state index in [0.29, 0.717) is 27.5 Å². The molecule has 2 heterocycles. The van der Waals surface area contributed by atoms with Crippen molar-refractivity contribution in [2.24, 2.45) is 4.99 Å². The molecule has 25 heavy (non-hydrogen) atoms. The number of hydrogen-bond acceptors (Lipinski definition) is 6. The minimum atomic E-state index is -4.52. The van der Waals surface area contributed by atoms with Gasteiger partial charge in [0.2, 0.25) is 5.88 Å². The van der Waals surface area contributed by atoms with Crippen LogP contribution in [0.4, 0.5) is 18.9 Å². The first kappa shape index (κ1) is 18.1. The summed E-state index contributed by atoms with van der Waals surface area (Å²) in [6.45, 7) is 0. The first-order chi connectivity index (χ1) is 11.8. The standard InChI is InChI=1S/C14H6Cl2F3N3OS2/c15-10-5-7(14(17,18)19)6-20-12(10)23-9-3-1-8(2-4-9)21-13-11(16)22-25-24-13/h1-6H. The number of rotatable bonds is 3. The van der Waals surface area contributed by atoms with E-state index < -0.39 is 11.7 Å². The first-order valence-electron chi connectivity index (χ1n) is 6.50. The normalized spacial score (nSPS) is 12.4. The highest BCUT2D eigenvalue weighted by atomic mass is 35.5. The fraction of sp³-hybridized carbons (Fsp3) is 0.0714. The van der Waals surface area contributed by atoms with Crippen LogP contribution in [0.25, 0.3) is 0 Å². The molecule has 0 bridgehead atoms. The van der Waals surface area contributed by atoms with Crippen molar-refractivity contribution in [2.45, 2.75) is 6.18 Å². The molecule has 0 fully saturated rings. The Hall–Kier alpha value is -1.68. The lowest BCUT2D eigenvalue weighted by molar-refractivity contribution is -0.137. The van der Waals surface area contributed by atoms with Crippen LogP contribution in [0.3, 0.4) is 0 Å². The molecule has 3 aromatic rings. The van der Waals surface area contributed by atoms with E-state index >= 15 is 0 Å². The summed E-state index contributed by atoms with van der Waals surface area (Å²) in [6, 6.07) is 7.27. The highest BCUT2D eigenvalue weighted by Gasteiger charge is 2.31. The summed E-state index contributed by atoms with van der Waals surface area (Å²) in [6.07, 6.45) is -3.85. The molecule has 0 amide bonds. The number of halogens is 5. The maximum Gasteiger partial charge on any atom is 0.417 e. The Balaban J connectivity index is 1.79. The smallest absolute Gasteiger partial charge is 0.417 e. The molecule has 4 nitrogen and oxygen atoms in total. The van der Waals surface area contributed by atoms with Crippen LogP contribution in [0.15, 0.2) is 41.5 Å². The topological polar surface area (TPSA) is 47.4 Å². The lowest BCUT2D eigenvalue weighted by Crippen LogP contribution is -2.05. The van der Waals surface area contributed by atoms with Crippen LogP contribution in [0.1, 0.15) is 5.56 Å². The van der Waals surface area contributed by atoms with Gasteiger partial charge in [0.1, 0.15) is 10.8 Å². The second-order valence-corrected chi connectivity index (χ2v) is 7.16. The fourth-order valence-electron chi connectivity index (χ4n) is 1.70. The van der Waals surface area contributed by atoms with Gasteiger partial charge in [-0.15, -0.1) is 0 Å². The molecule has 0 aliphatic carbocycles. The van der Waals surface area contributed by atoms with E-state index in [4.69, 9.17) is 27.9 Å². The molecule has 0 spiro atoms. The Bertz CT molecular complexity index is 955. The fourth-order valence-corrected chi connectivity index (χ4v) is 3.89. The van der Waals surface area contributed by atoms with Crippen molar-refractivity contribution in [3.05, 3.63) is 56.9 Å². The van der Waals surface area contributed by atoms with Crippen LogP contribution >= 0.6 is 44.1 Å². The van der Waals surface area contributed by atoms with Gasteiger partial charge in [-0.3, -0.25) is 0 Å². The molecule has 130 valence electrons. The number of alkyl halides is 3. The Morgan fingerprint density at radius 1 is 1.12 bits per heavy atom. The largest absolute Gasteiger partial charge is 0.438 e. The Morgan fingerprint density at radius 3 is 2.40 bits per heavy atom. The molecule has 0 aliphatic heterocycles. The van der Waals surface area contributed by atoms with Crippen molar-refractivity contribution in [1.82, 2.24) is 9.36 Å². The summed E-state index contributed by atoms with van der Waals surface area (Å²) in [4.78, 5) is 7.93. The van der Waals surface area contributed by atoms with Crippen molar-refractivity contribution in [2.75, 3.05) is 0 Å². The van der Waals surface area contributed by atoms with Crippen molar-refractivity contribution < 1.29 is 17.9 Å². The third kappa shape index (κ3) is 4.49. The van der Waals surface area contributed by atoms with Gasteiger partial charge in [-0.2, -0.15) is 17.5 Å². The van der Waals surface area contributed by atoms with E-state index in [1.54, 1.807) is 24.3 Å². The molecule has 0 unspecified atom stereocenters. The molecule has 0 saturated carbocycles. The van der Waals surface area contributed by atoms with E-state index in [0.717, 1.165) is 6.07 Å². The van der Waals surface area contributed by atoms with Gasteiger partial charge in [0.05, 0.1) is 11.3 Å². The van der Waals surface area contributed by atoms with Crippen LogP contribution < -0.4 is 9.41 Å². The van der Waals surface area contributed by atoms with Gasteiger partial charge in [0.15, 0.2) is 9.82 Å². The van der Waals surface area contributed by atoms with Crippen molar-refractivity contribution in [1.29, 1.82) is 0 Å². The van der Waals surface area contributed by atoms with Gasteiger partial charge in [-0.05, 0) is 40.7 Å². The number of nitrogens with zero attached hydrogens (tertiary/aromatic N) is 3. The van der Waals surface area contributed by atoms with Gasteiger partial charge >= 0.3 is 6.18 Å². The van der Waals surface area contributed by atoms with E-state index in [2.05, 4.69) is 14.3 Å². The van der Waals surface area contributed by atoms with Gasteiger partial charge < -0.3 is 4.74 Å². The highest BCUT2D eigenvalue weighted by Crippen LogP contribution is 2.34. The predicted molar refractivity (Wildman–Crippen MR) is 91.0 cm³/mol. The van der Waals surface area contributed by atoms with Gasteiger partial charge in [-0.25, -0.2) is 9.98 Å². The summed E-state index contributed by atoms with van der Waals surface area (Å²) in [5, 5.41) is 0.0950. The zero-order valence-electron chi connectivity index (χ0n) is 11.9. The van der Waals surface area contributed by atoms with E-state index in [1.807, 2.05) is 0 Å². The molecular formula is C14H6Cl2F3N3OS2. The molecule has 3 rings (SSSR count). The maximum atomic E-state index is 12.6. The molecule has 0 radical (unpaired) electrons. The summed E-state index contributed by atoms with van der Waals surface area (Å²) < 4.78 is 47.7. The summed E-state index contributed by atoms with van der Waals surface area (Å²) in [7, 11) is 2.57. The average molecular weight is 424 g/mol. The van der Waals surface area contributed by atoms with Crippen LogP contribution in [0.2, 0.25) is 10.2 Å². The van der Waals surface area contributed by atoms with Crippen LogP contribution in [0.5, 0.6) is 11.6 Å². The third-order valence-corrected chi connectivity index (χ3v) is 5.27. The zero-order valence-corrected chi connectivity index (χ0v) is 15.1. The summed E-state index contributed by atoms with van der Waals surface area (Å²) in [5.41, 5.74) is -0.321. The van der Waals surface area contributed by atoms with Gasteiger partial charge in [0, 0.05) is 16.7 Å². The Morgan fingerprint density at radius 2 is 1.84 bits per heavy atom. The average Bonchev–Trinajstić information content (AvgIpc) is 2.95. The molecule has 2 aromatic heterocycles. The van der Waals surface area contributed by atoms with E-state index in [1.165, 1.54) is 20.9 Å². The van der Waals surface area contributed by atoms with E-state index in [9.17, 15) is 13.2 Å². The zero-order chi connectivity index (χ0) is 18.0. The number of benzene rings is 1.